The van der Waals surface area contributed by atoms with Gasteiger partial charge < -0.3 is 10.2 Å². The van der Waals surface area contributed by atoms with Gasteiger partial charge in [0.15, 0.2) is 5.69 Å². The summed E-state index contributed by atoms with van der Waals surface area (Å²) in [5, 5.41) is 13.1. The lowest BCUT2D eigenvalue weighted by Gasteiger charge is -2.34. The third kappa shape index (κ3) is 6.40. The number of carbonyl (C=O) groups excluding carboxylic acids is 1. The number of aryl methyl sites for hydroxylation is 2. The molecule has 44 heavy (non-hydrogen) atoms. The number of hydrogen-bond acceptors (Lipinski definition) is 10. The van der Waals surface area contributed by atoms with Crippen LogP contribution in [0.25, 0.3) is 10.9 Å². The fourth-order valence-electron chi connectivity index (χ4n) is 5.70. The summed E-state index contributed by atoms with van der Waals surface area (Å²) in [6.45, 7) is 6.83. The van der Waals surface area contributed by atoms with Crippen LogP contribution in [0.2, 0.25) is 0 Å². The van der Waals surface area contributed by atoms with Crippen LogP contribution >= 0.6 is 0 Å². The second-order valence-corrected chi connectivity index (χ2v) is 13.1. The van der Waals surface area contributed by atoms with Gasteiger partial charge in [0.1, 0.15) is 6.07 Å². The maximum atomic E-state index is 13.7. The minimum Gasteiger partial charge on any atom is -0.377 e. The van der Waals surface area contributed by atoms with Crippen LogP contribution in [0.4, 0.5) is 11.6 Å². The average Bonchev–Trinajstić information content (AvgIpc) is 2.99. The van der Waals surface area contributed by atoms with Crippen molar-refractivity contribution in [1.82, 2.24) is 24.2 Å². The number of anilines is 2. The molecule has 2 N–H and O–H groups in total. The molecule has 0 radical (unpaired) electrons. The molecule has 5 rings (SSSR count). The van der Waals surface area contributed by atoms with E-state index in [1.54, 1.807) is 43.1 Å². The van der Waals surface area contributed by atoms with Crippen molar-refractivity contribution in [2.45, 2.75) is 45.6 Å². The molecule has 1 aliphatic heterocycles. The molecular formula is C31H34N8O4S. The van der Waals surface area contributed by atoms with Crippen LogP contribution in [0.15, 0.2) is 47.5 Å². The molecule has 1 saturated heterocycles. The number of hydrogen-bond donors (Lipinski definition) is 2. The van der Waals surface area contributed by atoms with Crippen LogP contribution in [-0.4, -0.2) is 53.2 Å². The number of piperidine rings is 1. The first-order valence-corrected chi connectivity index (χ1v) is 16.1. The Balaban J connectivity index is 1.53. The summed E-state index contributed by atoms with van der Waals surface area (Å²) in [5.41, 5.74) is 4.30. The molecular weight excluding hydrogens is 580 g/mol. The molecule has 0 unspecified atom stereocenters. The summed E-state index contributed by atoms with van der Waals surface area (Å²) in [6, 6.07) is 10.8. The topological polar surface area (TPSA) is 163 Å². The summed E-state index contributed by atoms with van der Waals surface area (Å²) < 4.78 is 27.1. The molecule has 1 fully saturated rings. The first kappa shape index (κ1) is 30.6. The van der Waals surface area contributed by atoms with E-state index in [1.807, 2.05) is 36.8 Å². The highest BCUT2D eigenvalue weighted by molar-refractivity contribution is 7.89. The molecule has 1 aromatic carbocycles. The molecule has 3 aromatic heterocycles. The Morgan fingerprint density at radius 2 is 1.93 bits per heavy atom. The molecule has 1 amide bonds. The molecule has 1 aliphatic rings. The van der Waals surface area contributed by atoms with Gasteiger partial charge in [-0.25, -0.2) is 23.1 Å². The SMILES string of the molecule is Cc1cc([C@@H](C)Nc2ccc(C)nc2C(=O)NS(C)(=O)=O)c2nc(N3CCC[C@@H](c4cncc(C#N)c4)C3)n(C)c(=O)c2c1. The van der Waals surface area contributed by atoms with Crippen LogP contribution in [0.5, 0.6) is 0 Å². The summed E-state index contributed by atoms with van der Waals surface area (Å²) in [5.74, 6) is -0.177. The summed E-state index contributed by atoms with van der Waals surface area (Å²) in [6.07, 6.45) is 6.06. The van der Waals surface area contributed by atoms with E-state index in [4.69, 9.17) is 4.98 Å². The van der Waals surface area contributed by atoms with Gasteiger partial charge in [-0.15, -0.1) is 0 Å². The minimum absolute atomic E-state index is 0.0573. The lowest BCUT2D eigenvalue weighted by atomic mass is 9.91. The second kappa shape index (κ2) is 12.0. The number of fused-ring (bicyclic) bond motifs is 1. The molecule has 4 aromatic rings. The summed E-state index contributed by atoms with van der Waals surface area (Å²) in [7, 11) is -2.08. The first-order chi connectivity index (χ1) is 20.8. The van der Waals surface area contributed by atoms with E-state index in [1.165, 1.54) is 0 Å². The maximum Gasteiger partial charge on any atom is 0.285 e. The van der Waals surface area contributed by atoms with E-state index < -0.39 is 22.0 Å². The second-order valence-electron chi connectivity index (χ2n) is 11.3. The predicted molar refractivity (Wildman–Crippen MR) is 168 cm³/mol. The van der Waals surface area contributed by atoms with Gasteiger partial charge in [-0.05, 0) is 69.0 Å². The van der Waals surface area contributed by atoms with Crippen molar-refractivity contribution < 1.29 is 13.2 Å². The zero-order valence-corrected chi connectivity index (χ0v) is 26.1. The minimum atomic E-state index is -3.80. The van der Waals surface area contributed by atoms with Gasteiger partial charge in [-0.1, -0.05) is 6.07 Å². The molecule has 2 atom stereocenters. The van der Waals surface area contributed by atoms with Gasteiger partial charge >= 0.3 is 0 Å². The Morgan fingerprint density at radius 1 is 1.16 bits per heavy atom. The van der Waals surface area contributed by atoms with Crippen molar-refractivity contribution in [3.63, 3.8) is 0 Å². The molecule has 0 aliphatic carbocycles. The smallest absolute Gasteiger partial charge is 0.285 e. The Labute approximate surface area is 255 Å². The van der Waals surface area contributed by atoms with E-state index in [2.05, 4.69) is 26.3 Å². The van der Waals surface area contributed by atoms with Gasteiger partial charge in [-0.3, -0.25) is 19.1 Å². The lowest BCUT2D eigenvalue weighted by molar-refractivity contribution is 0.0977. The van der Waals surface area contributed by atoms with E-state index in [9.17, 15) is 23.3 Å². The molecule has 12 nitrogen and oxygen atoms in total. The molecule has 228 valence electrons. The number of amides is 1. The van der Waals surface area contributed by atoms with E-state index in [0.717, 1.165) is 42.3 Å². The molecule has 13 heteroatoms. The summed E-state index contributed by atoms with van der Waals surface area (Å²) >= 11 is 0. The average molecular weight is 615 g/mol. The molecule has 0 spiro atoms. The maximum absolute atomic E-state index is 13.7. The van der Waals surface area contributed by atoms with Crippen LogP contribution in [-0.2, 0) is 17.1 Å². The normalized spacial score (nSPS) is 15.9. The van der Waals surface area contributed by atoms with E-state index in [-0.39, 0.29) is 17.2 Å². The first-order valence-electron chi connectivity index (χ1n) is 14.2. The molecule has 4 heterocycles. The number of carbonyl (C=O) groups is 1. The number of sulfonamides is 1. The van der Waals surface area contributed by atoms with Gasteiger partial charge in [0, 0.05) is 49.7 Å². The van der Waals surface area contributed by atoms with Crippen LogP contribution in [0, 0.1) is 25.2 Å². The van der Waals surface area contributed by atoms with Crippen molar-refractivity contribution >= 4 is 38.5 Å². The highest BCUT2D eigenvalue weighted by Crippen LogP contribution is 2.32. The highest BCUT2D eigenvalue weighted by Gasteiger charge is 2.27. The Morgan fingerprint density at radius 3 is 2.66 bits per heavy atom. The number of nitrogens with zero attached hydrogens (tertiary/aromatic N) is 6. The van der Waals surface area contributed by atoms with Crippen molar-refractivity contribution in [1.29, 1.82) is 5.26 Å². The monoisotopic (exact) mass is 614 g/mol. The standard InChI is InChI=1S/C31H34N8O4S/c1-18-11-24(20(3)35-26-9-8-19(2)34-28(26)29(40)37-44(5,42)43)27-25(12-18)30(41)38(4)31(36-27)39-10-6-7-22(17-39)23-13-21(14-32)15-33-16-23/h8-9,11-13,15-16,20,22,35H,6-7,10,17H2,1-5H3,(H,37,40)/t20-,22-/m1/s1. The quantitative estimate of drug-likeness (QED) is 0.315. The number of aromatic nitrogens is 4. The number of benzene rings is 1. The number of rotatable bonds is 7. The van der Waals surface area contributed by atoms with Gasteiger partial charge in [0.05, 0.1) is 34.5 Å². The van der Waals surface area contributed by atoms with E-state index in [0.29, 0.717) is 40.3 Å². The lowest BCUT2D eigenvalue weighted by Crippen LogP contribution is -2.39. The number of pyridine rings is 2. The molecule has 0 saturated carbocycles. The van der Waals surface area contributed by atoms with E-state index >= 15 is 0 Å². The number of nitrogens with one attached hydrogen (secondary N) is 2. The van der Waals surface area contributed by atoms with Gasteiger partial charge in [0.25, 0.3) is 11.5 Å². The van der Waals surface area contributed by atoms with Crippen LogP contribution in [0.1, 0.15) is 70.2 Å². The highest BCUT2D eigenvalue weighted by atomic mass is 32.2. The van der Waals surface area contributed by atoms with Crippen molar-refractivity contribution in [3.05, 3.63) is 86.7 Å². The summed E-state index contributed by atoms with van der Waals surface area (Å²) in [4.78, 5) is 42.2. The Bertz CT molecular complexity index is 1980. The van der Waals surface area contributed by atoms with Crippen LogP contribution in [0.3, 0.4) is 0 Å². The van der Waals surface area contributed by atoms with Crippen molar-refractivity contribution in [2.75, 3.05) is 29.6 Å². The zero-order chi connectivity index (χ0) is 31.8. The third-order valence-electron chi connectivity index (χ3n) is 7.76. The fraction of sp³-hybridized carbons (Fsp3) is 0.355. The van der Waals surface area contributed by atoms with Crippen molar-refractivity contribution in [3.8, 4) is 6.07 Å². The van der Waals surface area contributed by atoms with Crippen LogP contribution < -0.4 is 20.5 Å². The van der Waals surface area contributed by atoms with Crippen molar-refractivity contribution in [2.24, 2.45) is 7.05 Å². The Kier molecular flexibility index (Phi) is 8.38. The third-order valence-corrected chi connectivity index (χ3v) is 8.32. The largest absolute Gasteiger partial charge is 0.377 e. The number of nitriles is 1. The Hall–Kier alpha value is -4.83. The van der Waals surface area contributed by atoms with Gasteiger partial charge in [-0.2, -0.15) is 5.26 Å². The fourth-order valence-corrected chi connectivity index (χ4v) is 6.13. The predicted octanol–water partition coefficient (Wildman–Crippen LogP) is 3.46. The zero-order valence-electron chi connectivity index (χ0n) is 25.2. The molecule has 0 bridgehead atoms. The van der Waals surface area contributed by atoms with Gasteiger partial charge in [0.2, 0.25) is 16.0 Å².